The van der Waals surface area contributed by atoms with Gasteiger partial charge < -0.3 is 37.0 Å². The van der Waals surface area contributed by atoms with E-state index in [0.29, 0.717) is 5.56 Å². The van der Waals surface area contributed by atoms with Gasteiger partial charge in [0.05, 0.1) is 18.6 Å². The summed E-state index contributed by atoms with van der Waals surface area (Å²) in [5.74, 6) is -5.26. The molecule has 0 aliphatic carbocycles. The van der Waals surface area contributed by atoms with E-state index in [1.54, 1.807) is 44.2 Å². The molecule has 0 bridgehead atoms. The Kier molecular flexibility index (Phi) is 11.8. The van der Waals surface area contributed by atoms with Crippen molar-refractivity contribution in [2.45, 2.75) is 70.3 Å². The van der Waals surface area contributed by atoms with Crippen LogP contribution in [0.15, 0.2) is 30.3 Å². The molecule has 0 saturated heterocycles. The van der Waals surface area contributed by atoms with Crippen LogP contribution in [0.4, 0.5) is 0 Å². The molecule has 0 radical (unpaired) electrons. The highest BCUT2D eigenvalue weighted by atomic mass is 16.4. The number of nitrogens with one attached hydrogen (secondary N) is 3. The lowest BCUT2D eigenvalue weighted by Crippen LogP contribution is -2.60. The Morgan fingerprint density at radius 2 is 1.43 bits per heavy atom. The third-order valence-electron chi connectivity index (χ3n) is 5.03. The molecule has 0 saturated carbocycles. The van der Waals surface area contributed by atoms with Crippen LogP contribution < -0.4 is 21.7 Å². The first kappa shape index (κ1) is 29.5. The number of benzene rings is 1. The molecule has 0 aliphatic rings. The minimum absolute atomic E-state index is 0.0180. The Morgan fingerprint density at radius 1 is 0.857 bits per heavy atom. The lowest BCUT2D eigenvalue weighted by molar-refractivity contribution is -0.143. The van der Waals surface area contributed by atoms with Gasteiger partial charge in [0.25, 0.3) is 0 Å². The van der Waals surface area contributed by atoms with Gasteiger partial charge in [-0.05, 0) is 24.8 Å². The maximum Gasteiger partial charge on any atom is 0.326 e. The molecule has 1 aromatic carbocycles. The molecular formula is C23H34N4O8. The standard InChI is InChI=1S/C23H34N4O8/c1-12(2)9-16(25-20(31)15(24)11-18(29)30)21(32)27-19(13(3)28)22(33)26-17(23(34)35)10-14-7-5-4-6-8-14/h4-8,12-13,15-17,19,28H,9-11,24H2,1-3H3,(H,25,31)(H,26,33)(H,27,32)(H,29,30)(H,34,35). The quantitative estimate of drug-likeness (QED) is 0.169. The second kappa shape index (κ2) is 14.0. The van der Waals surface area contributed by atoms with E-state index in [9.17, 15) is 34.2 Å². The molecule has 8 N–H and O–H groups in total. The molecule has 5 atom stereocenters. The van der Waals surface area contributed by atoms with Gasteiger partial charge in [-0.2, -0.15) is 0 Å². The fourth-order valence-corrected chi connectivity index (χ4v) is 3.23. The van der Waals surface area contributed by atoms with Crippen LogP contribution >= 0.6 is 0 Å². The molecule has 1 rings (SSSR count). The number of carbonyl (C=O) groups is 5. The second-order valence-electron chi connectivity index (χ2n) is 8.71. The molecule has 1 aromatic rings. The predicted molar refractivity (Wildman–Crippen MR) is 125 cm³/mol. The topological polar surface area (TPSA) is 208 Å². The lowest BCUT2D eigenvalue weighted by Gasteiger charge is -2.27. The van der Waals surface area contributed by atoms with E-state index in [1.807, 2.05) is 0 Å². The average molecular weight is 495 g/mol. The van der Waals surface area contributed by atoms with Gasteiger partial charge in [0, 0.05) is 6.42 Å². The zero-order valence-electron chi connectivity index (χ0n) is 19.9. The third-order valence-corrected chi connectivity index (χ3v) is 5.03. The molecule has 194 valence electrons. The van der Waals surface area contributed by atoms with E-state index in [2.05, 4.69) is 16.0 Å². The first-order valence-corrected chi connectivity index (χ1v) is 11.1. The fraction of sp³-hybridized carbons (Fsp3) is 0.522. The number of aliphatic carboxylic acids is 2. The van der Waals surface area contributed by atoms with Crippen LogP contribution in [0.3, 0.4) is 0 Å². The zero-order valence-corrected chi connectivity index (χ0v) is 19.9. The number of hydrogen-bond donors (Lipinski definition) is 7. The second-order valence-corrected chi connectivity index (χ2v) is 8.71. The van der Waals surface area contributed by atoms with Crippen LogP contribution in [-0.2, 0) is 30.4 Å². The van der Waals surface area contributed by atoms with Crippen LogP contribution in [0.2, 0.25) is 0 Å². The van der Waals surface area contributed by atoms with Crippen molar-refractivity contribution >= 4 is 29.7 Å². The van der Waals surface area contributed by atoms with E-state index >= 15 is 0 Å². The van der Waals surface area contributed by atoms with Crippen molar-refractivity contribution in [1.82, 2.24) is 16.0 Å². The van der Waals surface area contributed by atoms with Crippen LogP contribution in [0.25, 0.3) is 0 Å². The van der Waals surface area contributed by atoms with Gasteiger partial charge in [0.1, 0.15) is 18.1 Å². The van der Waals surface area contributed by atoms with Gasteiger partial charge in [-0.25, -0.2) is 4.79 Å². The van der Waals surface area contributed by atoms with Crippen molar-refractivity contribution in [1.29, 1.82) is 0 Å². The van der Waals surface area contributed by atoms with Crippen molar-refractivity contribution < 1.29 is 39.3 Å². The Balaban J connectivity index is 2.96. The molecule has 0 fully saturated rings. The minimum Gasteiger partial charge on any atom is -0.481 e. The molecule has 12 heteroatoms. The van der Waals surface area contributed by atoms with Gasteiger partial charge in [0.15, 0.2) is 0 Å². The Hall–Kier alpha value is -3.51. The Labute approximate surface area is 203 Å². The molecular weight excluding hydrogens is 460 g/mol. The maximum absolute atomic E-state index is 12.9. The smallest absolute Gasteiger partial charge is 0.326 e. The molecule has 12 nitrogen and oxygen atoms in total. The van der Waals surface area contributed by atoms with E-state index in [0.717, 1.165) is 0 Å². The molecule has 5 unspecified atom stereocenters. The highest BCUT2D eigenvalue weighted by Crippen LogP contribution is 2.08. The van der Waals surface area contributed by atoms with Gasteiger partial charge in [-0.1, -0.05) is 44.2 Å². The van der Waals surface area contributed by atoms with Crippen LogP contribution in [0.1, 0.15) is 39.2 Å². The van der Waals surface area contributed by atoms with Crippen molar-refractivity contribution in [3.63, 3.8) is 0 Å². The third kappa shape index (κ3) is 10.5. The first-order valence-electron chi connectivity index (χ1n) is 11.1. The van der Waals surface area contributed by atoms with Crippen molar-refractivity contribution in [3.05, 3.63) is 35.9 Å². The van der Waals surface area contributed by atoms with E-state index in [1.165, 1.54) is 6.92 Å². The number of carbonyl (C=O) groups excluding carboxylic acids is 3. The summed E-state index contributed by atoms with van der Waals surface area (Å²) in [6, 6.07) is 3.21. The monoisotopic (exact) mass is 494 g/mol. The summed E-state index contributed by atoms with van der Waals surface area (Å²) in [6.45, 7) is 4.81. The molecule has 0 aliphatic heterocycles. The fourth-order valence-electron chi connectivity index (χ4n) is 3.23. The van der Waals surface area contributed by atoms with E-state index in [4.69, 9.17) is 10.8 Å². The predicted octanol–water partition coefficient (Wildman–Crippen LogP) is -1.00. The summed E-state index contributed by atoms with van der Waals surface area (Å²) < 4.78 is 0. The molecule has 35 heavy (non-hydrogen) atoms. The number of hydrogen-bond acceptors (Lipinski definition) is 7. The summed E-state index contributed by atoms with van der Waals surface area (Å²) >= 11 is 0. The summed E-state index contributed by atoms with van der Waals surface area (Å²) in [6.07, 6.45) is -1.92. The summed E-state index contributed by atoms with van der Waals surface area (Å²) in [4.78, 5) is 60.4. The van der Waals surface area contributed by atoms with Crippen LogP contribution in [-0.4, -0.2) is 75.3 Å². The number of aliphatic hydroxyl groups excluding tert-OH is 1. The zero-order chi connectivity index (χ0) is 26.7. The number of rotatable bonds is 14. The van der Waals surface area contributed by atoms with Crippen LogP contribution in [0, 0.1) is 5.92 Å². The van der Waals surface area contributed by atoms with E-state index < -0.39 is 66.4 Å². The first-order chi connectivity index (χ1) is 16.3. The normalized spacial score (nSPS) is 15.3. The number of carboxylic acid groups (broad SMARTS) is 2. The summed E-state index contributed by atoms with van der Waals surface area (Å²) in [5, 5.41) is 35.5. The number of carboxylic acids is 2. The average Bonchev–Trinajstić information content (AvgIpc) is 2.75. The van der Waals surface area contributed by atoms with E-state index in [-0.39, 0.29) is 18.8 Å². The SMILES string of the molecule is CC(C)CC(NC(=O)C(N)CC(=O)O)C(=O)NC(C(=O)NC(Cc1ccccc1)C(=O)O)C(C)O. The van der Waals surface area contributed by atoms with Crippen molar-refractivity contribution in [3.8, 4) is 0 Å². The summed E-state index contributed by atoms with van der Waals surface area (Å²) in [5.41, 5.74) is 6.22. The summed E-state index contributed by atoms with van der Waals surface area (Å²) in [7, 11) is 0. The minimum atomic E-state index is -1.51. The van der Waals surface area contributed by atoms with Gasteiger partial charge >= 0.3 is 11.9 Å². The molecule has 0 heterocycles. The maximum atomic E-state index is 12.9. The number of aliphatic hydroxyl groups is 1. The molecule has 0 spiro atoms. The Morgan fingerprint density at radius 3 is 1.91 bits per heavy atom. The number of nitrogens with two attached hydrogens (primary N) is 1. The van der Waals surface area contributed by atoms with Crippen molar-refractivity contribution in [2.75, 3.05) is 0 Å². The van der Waals surface area contributed by atoms with Gasteiger partial charge in [-0.15, -0.1) is 0 Å². The highest BCUT2D eigenvalue weighted by molar-refractivity contribution is 5.95. The highest BCUT2D eigenvalue weighted by Gasteiger charge is 2.33. The lowest BCUT2D eigenvalue weighted by atomic mass is 10.0. The van der Waals surface area contributed by atoms with Gasteiger partial charge in [0.2, 0.25) is 17.7 Å². The van der Waals surface area contributed by atoms with Gasteiger partial charge in [-0.3, -0.25) is 19.2 Å². The molecule has 3 amide bonds. The number of amides is 3. The molecule has 0 aromatic heterocycles. The van der Waals surface area contributed by atoms with Crippen molar-refractivity contribution in [2.24, 2.45) is 11.7 Å². The van der Waals surface area contributed by atoms with Crippen LogP contribution in [0.5, 0.6) is 0 Å². The Bertz CT molecular complexity index is 891. The largest absolute Gasteiger partial charge is 0.481 e.